The summed E-state index contributed by atoms with van der Waals surface area (Å²) in [7, 11) is 3.56. The zero-order chi connectivity index (χ0) is 15.1. The summed E-state index contributed by atoms with van der Waals surface area (Å²) in [5.41, 5.74) is 1.14. The third-order valence-electron chi connectivity index (χ3n) is 3.89. The quantitative estimate of drug-likeness (QED) is 0.831. The molecule has 5 heteroatoms. The van der Waals surface area contributed by atoms with Gasteiger partial charge in [0.25, 0.3) is 0 Å². The minimum atomic E-state index is 0.139. The van der Waals surface area contributed by atoms with Gasteiger partial charge >= 0.3 is 0 Å². The Labute approximate surface area is 126 Å². The molecule has 1 aromatic rings. The van der Waals surface area contributed by atoms with Crippen LogP contribution in [0.3, 0.4) is 0 Å². The molecule has 5 nitrogen and oxygen atoms in total. The summed E-state index contributed by atoms with van der Waals surface area (Å²) < 4.78 is 5.42. The molecular formula is C16H25N3O2. The van der Waals surface area contributed by atoms with E-state index in [2.05, 4.69) is 21.6 Å². The van der Waals surface area contributed by atoms with E-state index in [4.69, 9.17) is 4.74 Å². The Balaban J connectivity index is 1.84. The van der Waals surface area contributed by atoms with E-state index in [0.717, 1.165) is 43.9 Å². The van der Waals surface area contributed by atoms with E-state index in [-0.39, 0.29) is 5.91 Å². The van der Waals surface area contributed by atoms with Gasteiger partial charge in [0.15, 0.2) is 0 Å². The summed E-state index contributed by atoms with van der Waals surface area (Å²) in [5, 5.41) is 6.11. The molecule has 0 spiro atoms. The third kappa shape index (κ3) is 4.36. The first-order chi connectivity index (χ1) is 10.2. The Hall–Kier alpha value is -1.75. The van der Waals surface area contributed by atoms with Crippen LogP contribution in [0.5, 0.6) is 5.75 Å². The normalized spacial score (nSPS) is 15.8. The second kappa shape index (κ2) is 7.88. The number of nitrogens with one attached hydrogen (secondary N) is 2. The van der Waals surface area contributed by atoms with Gasteiger partial charge in [0.05, 0.1) is 12.8 Å². The van der Waals surface area contributed by atoms with Crippen molar-refractivity contribution in [3.63, 3.8) is 0 Å². The summed E-state index contributed by atoms with van der Waals surface area (Å²) in [5.74, 6) is 1.05. The number of nitrogens with zero attached hydrogens (tertiary/aromatic N) is 1. The van der Waals surface area contributed by atoms with Crippen molar-refractivity contribution < 1.29 is 9.53 Å². The molecule has 0 atom stereocenters. The number of para-hydroxylation sites is 2. The molecule has 1 amide bonds. The van der Waals surface area contributed by atoms with Crippen molar-refractivity contribution in [2.75, 3.05) is 38.7 Å². The number of hydrogen-bond acceptors (Lipinski definition) is 4. The average Bonchev–Trinajstić information content (AvgIpc) is 2.53. The fourth-order valence-corrected chi connectivity index (χ4v) is 2.69. The molecule has 0 aromatic heterocycles. The number of anilines is 1. The number of rotatable bonds is 6. The van der Waals surface area contributed by atoms with Crippen molar-refractivity contribution in [1.82, 2.24) is 10.6 Å². The number of carbonyl (C=O) groups excluding carboxylic acids is 1. The average molecular weight is 291 g/mol. The van der Waals surface area contributed by atoms with Gasteiger partial charge in [-0.2, -0.15) is 0 Å². The van der Waals surface area contributed by atoms with E-state index >= 15 is 0 Å². The van der Waals surface area contributed by atoms with Crippen LogP contribution in [0.2, 0.25) is 0 Å². The van der Waals surface area contributed by atoms with Gasteiger partial charge in [-0.15, -0.1) is 0 Å². The predicted molar refractivity (Wildman–Crippen MR) is 84.9 cm³/mol. The van der Waals surface area contributed by atoms with Crippen molar-refractivity contribution in [1.29, 1.82) is 0 Å². The lowest BCUT2D eigenvalue weighted by atomic mass is 10.0. The van der Waals surface area contributed by atoms with Crippen molar-refractivity contribution >= 4 is 11.6 Å². The Bertz CT molecular complexity index is 457. The second-order valence-corrected chi connectivity index (χ2v) is 5.35. The van der Waals surface area contributed by atoms with Gasteiger partial charge in [-0.25, -0.2) is 0 Å². The lowest BCUT2D eigenvalue weighted by Crippen LogP contribution is -2.45. The molecule has 0 bridgehead atoms. The standard InChI is InChI=1S/C16H25N3O2/c1-17-10-7-16(20)18-13-8-11-19(12-9-13)14-5-3-4-6-15(14)21-2/h3-6,13,17H,7-12H2,1-2H3,(H,18,20). The number of piperidine rings is 1. The van der Waals surface area contributed by atoms with Crippen LogP contribution in [0, 0.1) is 0 Å². The van der Waals surface area contributed by atoms with Crippen LogP contribution in [0.1, 0.15) is 19.3 Å². The Morgan fingerprint density at radius 3 is 2.71 bits per heavy atom. The molecule has 1 aliphatic heterocycles. The highest BCUT2D eigenvalue weighted by Gasteiger charge is 2.22. The van der Waals surface area contributed by atoms with Crippen LogP contribution in [-0.4, -0.2) is 45.7 Å². The minimum Gasteiger partial charge on any atom is -0.495 e. The molecule has 1 fully saturated rings. The molecule has 1 saturated heterocycles. The molecule has 0 saturated carbocycles. The van der Waals surface area contributed by atoms with Crippen LogP contribution >= 0.6 is 0 Å². The largest absolute Gasteiger partial charge is 0.495 e. The Kier molecular flexibility index (Phi) is 5.87. The highest BCUT2D eigenvalue weighted by molar-refractivity contribution is 5.76. The summed E-state index contributed by atoms with van der Waals surface area (Å²) in [6.07, 6.45) is 2.50. The maximum Gasteiger partial charge on any atom is 0.221 e. The van der Waals surface area contributed by atoms with Crippen LogP contribution in [0.25, 0.3) is 0 Å². The van der Waals surface area contributed by atoms with Gasteiger partial charge in [-0.3, -0.25) is 4.79 Å². The zero-order valence-electron chi connectivity index (χ0n) is 12.9. The first kappa shape index (κ1) is 15.6. The summed E-state index contributed by atoms with van der Waals surface area (Å²) in [6, 6.07) is 8.38. The molecule has 0 radical (unpaired) electrons. The number of benzene rings is 1. The number of hydrogen-bond donors (Lipinski definition) is 2. The first-order valence-electron chi connectivity index (χ1n) is 7.56. The van der Waals surface area contributed by atoms with E-state index < -0.39 is 0 Å². The summed E-state index contributed by atoms with van der Waals surface area (Å²) in [4.78, 5) is 14.1. The molecule has 1 heterocycles. The maximum absolute atomic E-state index is 11.7. The molecule has 116 valence electrons. The van der Waals surface area contributed by atoms with E-state index in [1.807, 2.05) is 25.2 Å². The molecule has 0 unspecified atom stereocenters. The number of methoxy groups -OCH3 is 1. The molecule has 2 rings (SSSR count). The van der Waals surface area contributed by atoms with Gasteiger partial charge in [0.2, 0.25) is 5.91 Å². The molecule has 0 aliphatic carbocycles. The van der Waals surface area contributed by atoms with Crippen LogP contribution in [0.4, 0.5) is 5.69 Å². The Morgan fingerprint density at radius 2 is 2.05 bits per heavy atom. The van der Waals surface area contributed by atoms with Gasteiger partial charge in [0.1, 0.15) is 5.75 Å². The molecule has 2 N–H and O–H groups in total. The second-order valence-electron chi connectivity index (χ2n) is 5.35. The number of ether oxygens (including phenoxy) is 1. The number of amides is 1. The molecule has 21 heavy (non-hydrogen) atoms. The van der Waals surface area contributed by atoms with E-state index in [9.17, 15) is 4.79 Å². The monoisotopic (exact) mass is 291 g/mol. The summed E-state index contributed by atoms with van der Waals surface area (Å²) >= 11 is 0. The van der Waals surface area contributed by atoms with E-state index in [1.165, 1.54) is 0 Å². The fourth-order valence-electron chi connectivity index (χ4n) is 2.69. The SMILES string of the molecule is CNCCC(=O)NC1CCN(c2ccccc2OC)CC1. The molecule has 1 aromatic carbocycles. The first-order valence-corrected chi connectivity index (χ1v) is 7.56. The Morgan fingerprint density at radius 1 is 1.33 bits per heavy atom. The lowest BCUT2D eigenvalue weighted by molar-refractivity contribution is -0.121. The highest BCUT2D eigenvalue weighted by Crippen LogP contribution is 2.29. The smallest absolute Gasteiger partial charge is 0.221 e. The van der Waals surface area contributed by atoms with Crippen LogP contribution in [0.15, 0.2) is 24.3 Å². The highest BCUT2D eigenvalue weighted by atomic mass is 16.5. The predicted octanol–water partition coefficient (Wildman–Crippen LogP) is 1.39. The van der Waals surface area contributed by atoms with Crippen LogP contribution < -0.4 is 20.3 Å². The van der Waals surface area contributed by atoms with Gasteiger partial charge in [0, 0.05) is 32.1 Å². The van der Waals surface area contributed by atoms with Crippen molar-refractivity contribution in [2.24, 2.45) is 0 Å². The van der Waals surface area contributed by atoms with Gasteiger partial charge < -0.3 is 20.3 Å². The number of carbonyl (C=O) groups is 1. The van der Waals surface area contributed by atoms with Crippen molar-refractivity contribution in [3.05, 3.63) is 24.3 Å². The topological polar surface area (TPSA) is 53.6 Å². The summed E-state index contributed by atoms with van der Waals surface area (Å²) in [6.45, 7) is 2.61. The minimum absolute atomic E-state index is 0.139. The maximum atomic E-state index is 11.7. The van der Waals surface area contributed by atoms with Crippen molar-refractivity contribution in [2.45, 2.75) is 25.3 Å². The molecule has 1 aliphatic rings. The van der Waals surface area contributed by atoms with E-state index in [1.54, 1.807) is 7.11 Å². The van der Waals surface area contributed by atoms with E-state index in [0.29, 0.717) is 12.5 Å². The molecular weight excluding hydrogens is 266 g/mol. The fraction of sp³-hybridized carbons (Fsp3) is 0.562. The van der Waals surface area contributed by atoms with Gasteiger partial charge in [-0.05, 0) is 32.0 Å². The third-order valence-corrected chi connectivity index (χ3v) is 3.89. The van der Waals surface area contributed by atoms with Crippen LogP contribution in [-0.2, 0) is 4.79 Å². The lowest BCUT2D eigenvalue weighted by Gasteiger charge is -2.34. The zero-order valence-corrected chi connectivity index (χ0v) is 12.9. The van der Waals surface area contributed by atoms with Gasteiger partial charge in [-0.1, -0.05) is 12.1 Å². The van der Waals surface area contributed by atoms with Crippen molar-refractivity contribution in [3.8, 4) is 5.75 Å².